The van der Waals surface area contributed by atoms with Crippen molar-refractivity contribution in [3.8, 4) is 0 Å². The number of aliphatic carboxylic acids is 1. The molecule has 0 radical (unpaired) electrons. The molecule has 0 spiro atoms. The van der Waals surface area contributed by atoms with Crippen molar-refractivity contribution in [3.05, 3.63) is 81.2 Å². The Balaban J connectivity index is 1.97. The fourth-order valence-electron chi connectivity index (χ4n) is 3.73. The van der Waals surface area contributed by atoms with E-state index in [4.69, 9.17) is 5.11 Å². The molecule has 10 heteroatoms. The molecule has 33 heavy (non-hydrogen) atoms. The first-order chi connectivity index (χ1) is 15.7. The zero-order valence-corrected chi connectivity index (χ0v) is 17.4. The lowest BCUT2D eigenvalue weighted by Crippen LogP contribution is -2.30. The number of halogens is 1. The summed E-state index contributed by atoms with van der Waals surface area (Å²) in [6, 6.07) is 9.06. The van der Waals surface area contributed by atoms with Gasteiger partial charge in [0, 0.05) is 30.7 Å². The van der Waals surface area contributed by atoms with Gasteiger partial charge in [0.2, 0.25) is 0 Å². The third kappa shape index (κ3) is 5.22. The number of hydrogen-bond acceptors (Lipinski definition) is 6. The van der Waals surface area contributed by atoms with E-state index >= 15 is 0 Å². The first kappa shape index (κ1) is 23.6. The zero-order chi connectivity index (χ0) is 24.1. The van der Waals surface area contributed by atoms with E-state index in [9.17, 15) is 34.0 Å². The van der Waals surface area contributed by atoms with Crippen LogP contribution in [0.25, 0.3) is 5.76 Å². The second kappa shape index (κ2) is 10.0. The number of nitrogens with zero attached hydrogens (tertiary/aromatic N) is 2. The Morgan fingerprint density at radius 1 is 1.00 bits per heavy atom. The predicted molar refractivity (Wildman–Crippen MR) is 115 cm³/mol. The lowest BCUT2D eigenvalue weighted by Gasteiger charge is -2.25. The van der Waals surface area contributed by atoms with Gasteiger partial charge in [-0.15, -0.1) is 0 Å². The molecule has 1 atom stereocenters. The van der Waals surface area contributed by atoms with Crippen LogP contribution in [0, 0.1) is 15.9 Å². The van der Waals surface area contributed by atoms with Gasteiger partial charge in [-0.1, -0.05) is 18.6 Å². The number of carboxylic acid groups (broad SMARTS) is 1. The van der Waals surface area contributed by atoms with Crippen molar-refractivity contribution in [2.24, 2.45) is 0 Å². The van der Waals surface area contributed by atoms with Gasteiger partial charge in [0.25, 0.3) is 17.4 Å². The Kier molecular flexibility index (Phi) is 7.17. The molecule has 1 fully saturated rings. The van der Waals surface area contributed by atoms with E-state index in [1.165, 1.54) is 53.4 Å². The highest BCUT2D eigenvalue weighted by molar-refractivity contribution is 6.46. The molecule has 0 saturated carbocycles. The number of carbonyl (C=O) groups excluding carboxylic acids is 2. The van der Waals surface area contributed by atoms with E-state index < -0.39 is 40.2 Å². The maximum Gasteiger partial charge on any atom is 0.303 e. The molecule has 2 N–H and O–H groups in total. The second-order valence-electron chi connectivity index (χ2n) is 7.55. The third-order valence-electron chi connectivity index (χ3n) is 5.37. The van der Waals surface area contributed by atoms with Crippen LogP contribution in [0.1, 0.15) is 42.9 Å². The number of carboxylic acids is 1. The number of nitro groups is 1. The third-order valence-corrected chi connectivity index (χ3v) is 5.37. The van der Waals surface area contributed by atoms with Crippen molar-refractivity contribution in [1.29, 1.82) is 0 Å². The van der Waals surface area contributed by atoms with Gasteiger partial charge in [-0.25, -0.2) is 4.39 Å². The minimum Gasteiger partial charge on any atom is -0.507 e. The van der Waals surface area contributed by atoms with Crippen LogP contribution in [-0.2, 0) is 14.4 Å². The Bertz CT molecular complexity index is 1110. The fourth-order valence-corrected chi connectivity index (χ4v) is 3.73. The van der Waals surface area contributed by atoms with Crippen LogP contribution in [0.15, 0.2) is 54.1 Å². The highest BCUT2D eigenvalue weighted by Gasteiger charge is 2.45. The van der Waals surface area contributed by atoms with Crippen LogP contribution >= 0.6 is 0 Å². The van der Waals surface area contributed by atoms with Crippen molar-refractivity contribution < 1.29 is 33.9 Å². The molecule has 1 saturated heterocycles. The number of aliphatic hydroxyl groups is 1. The Morgan fingerprint density at radius 3 is 2.21 bits per heavy atom. The van der Waals surface area contributed by atoms with Gasteiger partial charge in [-0.3, -0.25) is 24.5 Å². The average Bonchev–Trinajstić information content (AvgIpc) is 3.03. The predicted octanol–water partition coefficient (Wildman–Crippen LogP) is 3.80. The van der Waals surface area contributed by atoms with Crippen LogP contribution in [0.5, 0.6) is 0 Å². The molecular weight excluding hydrogens is 435 g/mol. The van der Waals surface area contributed by atoms with Crippen LogP contribution in [0.3, 0.4) is 0 Å². The number of likely N-dealkylation sites (tertiary alicyclic amines) is 1. The summed E-state index contributed by atoms with van der Waals surface area (Å²) in [4.78, 5) is 47.9. The minimum absolute atomic E-state index is 0.0135. The number of unbranched alkanes of at least 4 members (excludes halogenated alkanes) is 2. The first-order valence-electron chi connectivity index (χ1n) is 10.2. The number of ketones is 1. The summed E-state index contributed by atoms with van der Waals surface area (Å²) in [5.74, 6) is -3.70. The second-order valence-corrected chi connectivity index (χ2v) is 7.55. The molecule has 1 unspecified atom stereocenters. The molecule has 172 valence electrons. The van der Waals surface area contributed by atoms with Gasteiger partial charge in [0.1, 0.15) is 11.6 Å². The quantitative estimate of drug-likeness (QED) is 0.146. The highest BCUT2D eigenvalue weighted by Crippen LogP contribution is 2.39. The lowest BCUT2D eigenvalue weighted by molar-refractivity contribution is -0.384. The molecule has 1 aliphatic rings. The van der Waals surface area contributed by atoms with Gasteiger partial charge >= 0.3 is 5.97 Å². The van der Waals surface area contributed by atoms with Crippen LogP contribution in [0.2, 0.25) is 0 Å². The van der Waals surface area contributed by atoms with Gasteiger partial charge in [-0.05, 0) is 42.7 Å². The Labute approximate surface area is 187 Å². The zero-order valence-electron chi connectivity index (χ0n) is 17.4. The molecule has 1 aliphatic heterocycles. The molecule has 9 nitrogen and oxygen atoms in total. The number of non-ortho nitro benzene ring substituents is 1. The molecular formula is C23H21FN2O7. The minimum atomic E-state index is -0.986. The number of benzene rings is 2. The topological polar surface area (TPSA) is 138 Å². The van der Waals surface area contributed by atoms with E-state index in [0.29, 0.717) is 24.8 Å². The number of amides is 1. The normalized spacial score (nSPS) is 17.4. The largest absolute Gasteiger partial charge is 0.507 e. The summed E-state index contributed by atoms with van der Waals surface area (Å²) < 4.78 is 13.5. The number of aliphatic hydroxyl groups excluding tert-OH is 1. The van der Waals surface area contributed by atoms with E-state index in [2.05, 4.69) is 0 Å². The molecule has 0 aliphatic carbocycles. The van der Waals surface area contributed by atoms with Gasteiger partial charge in [0.15, 0.2) is 0 Å². The summed E-state index contributed by atoms with van der Waals surface area (Å²) in [6.45, 7) is 0.128. The maximum absolute atomic E-state index is 13.5. The SMILES string of the molecule is O=C(O)CCCCCN1C(=O)C(=O)/C(=C(\O)c2ccc([N+](=O)[O-])cc2)C1c1ccc(F)cc1. The van der Waals surface area contributed by atoms with Gasteiger partial charge < -0.3 is 15.1 Å². The van der Waals surface area contributed by atoms with Gasteiger partial charge in [0.05, 0.1) is 16.5 Å². The molecule has 0 aromatic heterocycles. The van der Waals surface area contributed by atoms with Crippen LogP contribution in [-0.4, -0.2) is 44.2 Å². The van der Waals surface area contributed by atoms with Gasteiger partial charge in [-0.2, -0.15) is 0 Å². The van der Waals surface area contributed by atoms with E-state index in [1.807, 2.05) is 0 Å². The van der Waals surface area contributed by atoms with E-state index in [1.54, 1.807) is 0 Å². The van der Waals surface area contributed by atoms with Crippen molar-refractivity contribution in [1.82, 2.24) is 4.90 Å². The van der Waals surface area contributed by atoms with Crippen molar-refractivity contribution in [2.45, 2.75) is 31.7 Å². The van der Waals surface area contributed by atoms with Crippen molar-refractivity contribution in [2.75, 3.05) is 6.54 Å². The number of carbonyl (C=O) groups is 3. The number of rotatable bonds is 9. The summed E-state index contributed by atoms with van der Waals surface area (Å²) in [5.41, 5.74) is 0.117. The number of hydrogen-bond donors (Lipinski definition) is 2. The molecule has 2 aromatic rings. The summed E-state index contributed by atoms with van der Waals surface area (Å²) in [6.07, 6.45) is 1.33. The van der Waals surface area contributed by atoms with E-state index in [-0.39, 0.29) is 29.8 Å². The lowest BCUT2D eigenvalue weighted by atomic mass is 9.95. The molecule has 1 heterocycles. The van der Waals surface area contributed by atoms with Crippen molar-refractivity contribution >= 4 is 29.1 Å². The Morgan fingerprint density at radius 2 is 1.64 bits per heavy atom. The average molecular weight is 456 g/mol. The van der Waals surface area contributed by atoms with Crippen LogP contribution in [0.4, 0.5) is 10.1 Å². The molecule has 1 amide bonds. The Hall–Kier alpha value is -4.08. The summed E-state index contributed by atoms with van der Waals surface area (Å²) in [5, 5.41) is 30.5. The first-order valence-corrected chi connectivity index (χ1v) is 10.2. The summed E-state index contributed by atoms with van der Waals surface area (Å²) >= 11 is 0. The van der Waals surface area contributed by atoms with Crippen molar-refractivity contribution in [3.63, 3.8) is 0 Å². The standard InChI is InChI=1S/C23H21FN2O7/c24-16-9-5-14(6-10-16)20-19(21(29)15-7-11-17(12-8-15)26(32)33)22(30)23(31)25(20)13-3-1-2-4-18(27)28/h5-12,20,29H,1-4,13H2,(H,27,28)/b21-19-. The maximum atomic E-state index is 13.5. The molecule has 3 rings (SSSR count). The monoisotopic (exact) mass is 456 g/mol. The highest BCUT2D eigenvalue weighted by atomic mass is 19.1. The number of Topliss-reactive ketones (excluding diaryl/α,β-unsaturated/α-hetero) is 1. The molecule has 2 aromatic carbocycles. The number of nitro benzene ring substituents is 1. The van der Waals surface area contributed by atoms with E-state index in [0.717, 1.165) is 0 Å². The fraction of sp³-hybridized carbons (Fsp3) is 0.261. The molecule has 0 bridgehead atoms. The van der Waals surface area contributed by atoms with Crippen LogP contribution < -0.4 is 0 Å². The summed E-state index contributed by atoms with van der Waals surface area (Å²) in [7, 11) is 0. The smallest absolute Gasteiger partial charge is 0.303 e.